The molecule has 0 atom stereocenters. The van der Waals surface area contributed by atoms with Gasteiger partial charge in [0.25, 0.3) is 0 Å². The van der Waals surface area contributed by atoms with Crippen molar-refractivity contribution in [2.24, 2.45) is 0 Å². The molecule has 2 rings (SSSR count). The number of aromatic nitrogens is 1. The summed E-state index contributed by atoms with van der Waals surface area (Å²) in [6.45, 7) is 2.99. The summed E-state index contributed by atoms with van der Waals surface area (Å²) in [5.41, 5.74) is 0.483. The topological polar surface area (TPSA) is 48.4 Å². The molecule has 0 aliphatic heterocycles. The summed E-state index contributed by atoms with van der Waals surface area (Å²) in [4.78, 5) is 15.9. The first kappa shape index (κ1) is 21.9. The number of esters is 1. The Bertz CT molecular complexity index is 655. The van der Waals surface area contributed by atoms with Crippen LogP contribution in [0.15, 0.2) is 48.8 Å². The lowest BCUT2D eigenvalue weighted by Crippen LogP contribution is -2.08. The second kappa shape index (κ2) is 13.8. The summed E-state index contributed by atoms with van der Waals surface area (Å²) in [6, 6.07) is 10.5. The van der Waals surface area contributed by atoms with E-state index in [9.17, 15) is 4.79 Å². The molecule has 1 aromatic heterocycles. The molecule has 0 aliphatic rings. The average Bonchev–Trinajstić information content (AvgIpc) is 2.74. The van der Waals surface area contributed by atoms with Crippen LogP contribution in [0.3, 0.4) is 0 Å². The third-order valence-corrected chi connectivity index (χ3v) is 4.72. The molecule has 2 aromatic rings. The van der Waals surface area contributed by atoms with E-state index >= 15 is 0 Å². The molecule has 0 saturated carbocycles. The summed E-state index contributed by atoms with van der Waals surface area (Å²) < 4.78 is 11.1. The zero-order valence-corrected chi connectivity index (χ0v) is 17.1. The molecule has 0 fully saturated rings. The standard InChI is InChI=1S/C24H33NO3/c1-2-3-4-5-6-7-8-9-10-11-20-27-22-12-14-23(15-13-22)28-24(26)21-16-18-25-19-17-21/h12-19H,2-11,20H2,1H3. The van der Waals surface area contributed by atoms with E-state index in [1.54, 1.807) is 36.7 Å². The maximum atomic E-state index is 12.0. The van der Waals surface area contributed by atoms with Gasteiger partial charge in [0.1, 0.15) is 11.5 Å². The molecule has 0 radical (unpaired) electrons. The summed E-state index contributed by atoms with van der Waals surface area (Å²) in [7, 11) is 0. The number of carbonyl (C=O) groups excluding carboxylic acids is 1. The molecule has 0 amide bonds. The molecule has 4 nitrogen and oxygen atoms in total. The van der Waals surface area contributed by atoms with Crippen LogP contribution >= 0.6 is 0 Å². The lowest BCUT2D eigenvalue weighted by Gasteiger charge is -2.08. The molecular formula is C24H33NO3. The minimum Gasteiger partial charge on any atom is -0.494 e. The highest BCUT2D eigenvalue weighted by Gasteiger charge is 2.07. The van der Waals surface area contributed by atoms with Crippen molar-refractivity contribution in [1.82, 2.24) is 4.98 Å². The van der Waals surface area contributed by atoms with Gasteiger partial charge in [-0.2, -0.15) is 0 Å². The SMILES string of the molecule is CCCCCCCCCCCCOc1ccc(OC(=O)c2ccncc2)cc1. The highest BCUT2D eigenvalue weighted by molar-refractivity contribution is 5.90. The monoisotopic (exact) mass is 383 g/mol. The molecule has 0 aliphatic carbocycles. The first-order chi connectivity index (χ1) is 13.8. The fourth-order valence-corrected chi connectivity index (χ4v) is 3.04. The average molecular weight is 384 g/mol. The predicted octanol–water partition coefficient (Wildman–Crippen LogP) is 6.60. The Morgan fingerprint density at radius 2 is 1.29 bits per heavy atom. The summed E-state index contributed by atoms with van der Waals surface area (Å²) in [5.74, 6) is 0.925. The van der Waals surface area contributed by atoms with Gasteiger partial charge in [0.05, 0.1) is 12.2 Å². The van der Waals surface area contributed by atoms with Gasteiger partial charge in [0.15, 0.2) is 0 Å². The molecule has 28 heavy (non-hydrogen) atoms. The van der Waals surface area contributed by atoms with Gasteiger partial charge < -0.3 is 9.47 Å². The van der Waals surface area contributed by atoms with E-state index in [0.717, 1.165) is 18.8 Å². The first-order valence-corrected chi connectivity index (χ1v) is 10.6. The maximum Gasteiger partial charge on any atom is 0.343 e. The molecule has 0 unspecified atom stereocenters. The quantitative estimate of drug-likeness (QED) is 0.209. The van der Waals surface area contributed by atoms with Crippen molar-refractivity contribution in [2.45, 2.75) is 71.1 Å². The van der Waals surface area contributed by atoms with Gasteiger partial charge in [-0.25, -0.2) is 4.79 Å². The fraction of sp³-hybridized carbons (Fsp3) is 0.500. The van der Waals surface area contributed by atoms with Crippen molar-refractivity contribution >= 4 is 5.97 Å². The second-order valence-electron chi connectivity index (χ2n) is 7.13. The smallest absolute Gasteiger partial charge is 0.343 e. The minimum absolute atomic E-state index is 0.388. The van der Waals surface area contributed by atoms with Gasteiger partial charge in [-0.3, -0.25) is 4.98 Å². The van der Waals surface area contributed by atoms with Crippen LogP contribution in [-0.2, 0) is 0 Å². The van der Waals surface area contributed by atoms with Gasteiger partial charge in [-0.15, -0.1) is 0 Å². The van der Waals surface area contributed by atoms with Crippen LogP contribution < -0.4 is 9.47 Å². The van der Waals surface area contributed by atoms with E-state index in [1.807, 2.05) is 12.1 Å². The molecule has 0 N–H and O–H groups in total. The lowest BCUT2D eigenvalue weighted by atomic mass is 10.1. The number of carbonyl (C=O) groups is 1. The van der Waals surface area contributed by atoms with Gasteiger partial charge in [0.2, 0.25) is 0 Å². The van der Waals surface area contributed by atoms with Crippen LogP contribution in [0.4, 0.5) is 0 Å². The second-order valence-corrected chi connectivity index (χ2v) is 7.13. The van der Waals surface area contributed by atoms with Crippen molar-refractivity contribution in [3.63, 3.8) is 0 Å². The molecule has 4 heteroatoms. The molecule has 152 valence electrons. The third-order valence-electron chi connectivity index (χ3n) is 4.72. The normalized spacial score (nSPS) is 10.6. The first-order valence-electron chi connectivity index (χ1n) is 10.6. The molecule has 0 bridgehead atoms. The maximum absolute atomic E-state index is 12.0. The summed E-state index contributed by atoms with van der Waals surface area (Å²) in [6.07, 6.45) is 16.3. The lowest BCUT2D eigenvalue weighted by molar-refractivity contribution is 0.0734. The fourth-order valence-electron chi connectivity index (χ4n) is 3.04. The molecule has 1 heterocycles. The minimum atomic E-state index is -0.388. The van der Waals surface area contributed by atoms with Gasteiger partial charge in [0, 0.05) is 12.4 Å². The Kier molecular flexibility index (Phi) is 10.8. The van der Waals surface area contributed by atoms with E-state index in [0.29, 0.717) is 11.3 Å². The predicted molar refractivity (Wildman–Crippen MR) is 113 cm³/mol. The molecule has 0 spiro atoms. The van der Waals surface area contributed by atoms with E-state index in [-0.39, 0.29) is 5.97 Å². The Balaban J connectivity index is 1.54. The number of ether oxygens (including phenoxy) is 2. The van der Waals surface area contributed by atoms with Crippen LogP contribution in [0.25, 0.3) is 0 Å². The van der Waals surface area contributed by atoms with Crippen LogP contribution in [-0.4, -0.2) is 17.6 Å². The number of nitrogens with zero attached hydrogens (tertiary/aromatic N) is 1. The van der Waals surface area contributed by atoms with Gasteiger partial charge >= 0.3 is 5.97 Å². The molecular weight excluding hydrogens is 350 g/mol. The van der Waals surface area contributed by atoms with Crippen molar-refractivity contribution in [3.05, 3.63) is 54.4 Å². The molecule has 1 aromatic carbocycles. The summed E-state index contributed by atoms with van der Waals surface area (Å²) >= 11 is 0. The van der Waals surface area contributed by atoms with Crippen molar-refractivity contribution in [1.29, 1.82) is 0 Å². The van der Waals surface area contributed by atoms with E-state index in [4.69, 9.17) is 9.47 Å². The zero-order valence-electron chi connectivity index (χ0n) is 17.1. The Morgan fingerprint density at radius 1 is 0.750 bits per heavy atom. The Labute approximate surface area is 169 Å². The zero-order chi connectivity index (χ0) is 19.9. The number of pyridine rings is 1. The van der Waals surface area contributed by atoms with E-state index < -0.39 is 0 Å². The highest BCUT2D eigenvalue weighted by Crippen LogP contribution is 2.19. The van der Waals surface area contributed by atoms with Crippen molar-refractivity contribution < 1.29 is 14.3 Å². The van der Waals surface area contributed by atoms with Crippen LogP contribution in [0, 0.1) is 0 Å². The number of rotatable bonds is 14. The van der Waals surface area contributed by atoms with Crippen LogP contribution in [0.2, 0.25) is 0 Å². The van der Waals surface area contributed by atoms with Crippen LogP contribution in [0.5, 0.6) is 11.5 Å². The largest absolute Gasteiger partial charge is 0.494 e. The Morgan fingerprint density at radius 3 is 1.89 bits per heavy atom. The van der Waals surface area contributed by atoms with Crippen molar-refractivity contribution in [3.8, 4) is 11.5 Å². The third kappa shape index (κ3) is 9.03. The number of hydrogen-bond donors (Lipinski definition) is 0. The molecule has 0 saturated heterocycles. The number of benzene rings is 1. The van der Waals surface area contributed by atoms with Crippen LogP contribution in [0.1, 0.15) is 81.5 Å². The number of unbranched alkanes of at least 4 members (excludes halogenated alkanes) is 9. The summed E-state index contributed by atoms with van der Waals surface area (Å²) in [5, 5.41) is 0. The number of hydrogen-bond acceptors (Lipinski definition) is 4. The van der Waals surface area contributed by atoms with Crippen molar-refractivity contribution in [2.75, 3.05) is 6.61 Å². The van der Waals surface area contributed by atoms with Gasteiger partial charge in [-0.05, 0) is 42.8 Å². The Hall–Kier alpha value is -2.36. The van der Waals surface area contributed by atoms with Gasteiger partial charge in [-0.1, -0.05) is 64.7 Å². The highest BCUT2D eigenvalue weighted by atomic mass is 16.5. The van der Waals surface area contributed by atoms with E-state index in [1.165, 1.54) is 57.8 Å². The van der Waals surface area contributed by atoms with E-state index in [2.05, 4.69) is 11.9 Å².